The highest BCUT2D eigenvalue weighted by molar-refractivity contribution is 5.90. The molecular weight excluding hydrogens is 320 g/mol. The van der Waals surface area contributed by atoms with E-state index in [1.165, 1.54) is 13.2 Å². The van der Waals surface area contributed by atoms with E-state index in [0.717, 1.165) is 17.5 Å². The third kappa shape index (κ3) is 5.90. The van der Waals surface area contributed by atoms with Crippen molar-refractivity contribution in [1.82, 2.24) is 0 Å². The summed E-state index contributed by atoms with van der Waals surface area (Å²) >= 11 is 0. The van der Waals surface area contributed by atoms with E-state index in [1.54, 1.807) is 49.6 Å². The molecule has 5 heteroatoms. The van der Waals surface area contributed by atoms with Crippen molar-refractivity contribution in [3.8, 4) is 5.75 Å². The summed E-state index contributed by atoms with van der Waals surface area (Å²) in [7, 11) is 2.99. The van der Waals surface area contributed by atoms with Gasteiger partial charge in [-0.25, -0.2) is 9.59 Å². The molecule has 0 bridgehead atoms. The first-order valence-electron chi connectivity index (χ1n) is 7.78. The van der Waals surface area contributed by atoms with Crippen LogP contribution in [0.1, 0.15) is 21.5 Å². The van der Waals surface area contributed by atoms with E-state index >= 15 is 0 Å². The average Bonchev–Trinajstić information content (AvgIpc) is 2.65. The van der Waals surface area contributed by atoms with Crippen LogP contribution >= 0.6 is 0 Å². The number of hydrogen-bond donors (Lipinski definition) is 0. The van der Waals surface area contributed by atoms with Crippen LogP contribution in [0.3, 0.4) is 0 Å². The molecule has 0 N–H and O–H groups in total. The topological polar surface area (TPSA) is 61.8 Å². The van der Waals surface area contributed by atoms with Gasteiger partial charge >= 0.3 is 11.9 Å². The molecule has 0 radical (unpaired) electrons. The summed E-state index contributed by atoms with van der Waals surface area (Å²) in [5.41, 5.74) is 2.35. The molecule has 0 atom stereocenters. The van der Waals surface area contributed by atoms with Crippen LogP contribution in [-0.2, 0) is 20.7 Å². The fourth-order valence-corrected chi connectivity index (χ4v) is 2.11. The summed E-state index contributed by atoms with van der Waals surface area (Å²) in [6.07, 6.45) is 3.77. The quantitative estimate of drug-likeness (QED) is 0.440. The normalized spacial score (nSPS) is 10.6. The molecule has 0 saturated heterocycles. The molecule has 0 aliphatic heterocycles. The molecule has 130 valence electrons. The zero-order chi connectivity index (χ0) is 18.1. The lowest BCUT2D eigenvalue weighted by Gasteiger charge is -2.04. The summed E-state index contributed by atoms with van der Waals surface area (Å²) in [6.45, 7) is 0.649. The maximum absolute atomic E-state index is 11.9. The fourth-order valence-electron chi connectivity index (χ4n) is 2.11. The lowest BCUT2D eigenvalue weighted by molar-refractivity contribution is -0.128. The van der Waals surface area contributed by atoms with Gasteiger partial charge in [0.25, 0.3) is 0 Å². The Morgan fingerprint density at radius 1 is 0.960 bits per heavy atom. The molecule has 0 spiro atoms. The van der Waals surface area contributed by atoms with Gasteiger partial charge in [0.1, 0.15) is 5.75 Å². The van der Waals surface area contributed by atoms with Gasteiger partial charge < -0.3 is 14.2 Å². The molecule has 0 aromatic heterocycles. The number of hydrogen-bond acceptors (Lipinski definition) is 5. The Bertz CT molecular complexity index is 730. The number of rotatable bonds is 7. The van der Waals surface area contributed by atoms with Crippen LogP contribution in [0.15, 0.2) is 54.6 Å². The van der Waals surface area contributed by atoms with E-state index in [4.69, 9.17) is 9.47 Å². The second-order valence-electron chi connectivity index (χ2n) is 5.25. The summed E-state index contributed by atoms with van der Waals surface area (Å²) < 4.78 is 14.9. The third-order valence-corrected chi connectivity index (χ3v) is 3.48. The van der Waals surface area contributed by atoms with Crippen LogP contribution < -0.4 is 4.74 Å². The minimum atomic E-state index is -0.471. The number of ether oxygens (including phenoxy) is 3. The number of esters is 2. The van der Waals surface area contributed by atoms with Gasteiger partial charge in [0.15, 0.2) is 0 Å². The summed E-state index contributed by atoms with van der Waals surface area (Å²) in [5.74, 6) is -0.387. The minimum absolute atomic E-state index is 0.399. The maximum Gasteiger partial charge on any atom is 0.337 e. The van der Waals surface area contributed by atoms with Crippen molar-refractivity contribution in [2.45, 2.75) is 6.42 Å². The number of carbonyl (C=O) groups is 2. The Kier molecular flexibility index (Phi) is 6.92. The first kappa shape index (κ1) is 18.4. The van der Waals surface area contributed by atoms with Crippen molar-refractivity contribution >= 4 is 18.0 Å². The second kappa shape index (κ2) is 9.39. The van der Waals surface area contributed by atoms with Crippen molar-refractivity contribution in [3.63, 3.8) is 0 Å². The van der Waals surface area contributed by atoms with Crippen LogP contribution in [0.4, 0.5) is 0 Å². The Hall–Kier alpha value is -2.92. The molecule has 2 aromatic rings. The SMILES string of the molecule is COCCc1ccc(OC(=O)/C=C/c2ccc(C(=O)OC)cc2)cc1. The first-order valence-corrected chi connectivity index (χ1v) is 7.78. The van der Waals surface area contributed by atoms with Crippen molar-refractivity contribution in [2.24, 2.45) is 0 Å². The Balaban J connectivity index is 1.90. The highest BCUT2D eigenvalue weighted by Gasteiger charge is 2.04. The molecule has 2 rings (SSSR count). The van der Waals surface area contributed by atoms with Crippen LogP contribution in [0.5, 0.6) is 5.75 Å². The molecule has 0 saturated carbocycles. The zero-order valence-electron chi connectivity index (χ0n) is 14.2. The standard InChI is InChI=1S/C20H20O5/c1-23-14-13-16-5-10-18(11-6-16)25-19(21)12-7-15-3-8-17(9-4-15)20(22)24-2/h3-12H,13-14H2,1-2H3/b12-7+. The smallest absolute Gasteiger partial charge is 0.337 e. The Morgan fingerprint density at radius 2 is 1.64 bits per heavy atom. The van der Waals surface area contributed by atoms with E-state index < -0.39 is 11.9 Å². The van der Waals surface area contributed by atoms with E-state index in [-0.39, 0.29) is 0 Å². The van der Waals surface area contributed by atoms with Gasteiger partial charge in [0.2, 0.25) is 0 Å². The molecule has 0 aliphatic rings. The molecular formula is C20H20O5. The van der Waals surface area contributed by atoms with Crippen molar-refractivity contribution < 1.29 is 23.8 Å². The molecule has 0 aliphatic carbocycles. The summed E-state index contributed by atoms with van der Waals surface area (Å²) in [6, 6.07) is 14.0. The van der Waals surface area contributed by atoms with Gasteiger partial charge in [-0.15, -0.1) is 0 Å². The predicted octanol–water partition coefficient (Wildman–Crippen LogP) is 3.28. The molecule has 0 fully saturated rings. The zero-order valence-corrected chi connectivity index (χ0v) is 14.2. The van der Waals surface area contributed by atoms with Crippen molar-refractivity contribution in [1.29, 1.82) is 0 Å². The molecule has 0 amide bonds. The Labute approximate surface area is 146 Å². The highest BCUT2D eigenvalue weighted by Crippen LogP contribution is 2.13. The molecule has 0 heterocycles. The maximum atomic E-state index is 11.9. The predicted molar refractivity (Wildman–Crippen MR) is 94.5 cm³/mol. The third-order valence-electron chi connectivity index (χ3n) is 3.48. The molecule has 0 unspecified atom stereocenters. The van der Waals surface area contributed by atoms with Gasteiger partial charge in [-0.1, -0.05) is 24.3 Å². The molecule has 5 nitrogen and oxygen atoms in total. The fraction of sp³-hybridized carbons (Fsp3) is 0.200. The van der Waals surface area contributed by atoms with Crippen LogP contribution in [0.2, 0.25) is 0 Å². The summed E-state index contributed by atoms with van der Waals surface area (Å²) in [5, 5.41) is 0. The minimum Gasteiger partial charge on any atom is -0.465 e. The van der Waals surface area contributed by atoms with Crippen LogP contribution in [-0.4, -0.2) is 32.8 Å². The Morgan fingerprint density at radius 3 is 2.24 bits per heavy atom. The van der Waals surface area contributed by atoms with E-state index in [0.29, 0.717) is 17.9 Å². The van der Waals surface area contributed by atoms with E-state index in [1.807, 2.05) is 12.1 Å². The number of methoxy groups -OCH3 is 2. The van der Waals surface area contributed by atoms with Gasteiger partial charge in [0, 0.05) is 13.2 Å². The molecule has 2 aromatic carbocycles. The van der Waals surface area contributed by atoms with Gasteiger partial charge in [-0.3, -0.25) is 0 Å². The highest BCUT2D eigenvalue weighted by atomic mass is 16.5. The monoisotopic (exact) mass is 340 g/mol. The lowest BCUT2D eigenvalue weighted by Crippen LogP contribution is -2.04. The number of carbonyl (C=O) groups excluding carboxylic acids is 2. The van der Waals surface area contributed by atoms with E-state index in [9.17, 15) is 9.59 Å². The molecule has 25 heavy (non-hydrogen) atoms. The van der Waals surface area contributed by atoms with E-state index in [2.05, 4.69) is 4.74 Å². The van der Waals surface area contributed by atoms with Crippen molar-refractivity contribution in [2.75, 3.05) is 20.8 Å². The lowest BCUT2D eigenvalue weighted by atomic mass is 10.1. The van der Waals surface area contributed by atoms with Crippen LogP contribution in [0.25, 0.3) is 6.08 Å². The van der Waals surface area contributed by atoms with Gasteiger partial charge in [0.05, 0.1) is 19.3 Å². The van der Waals surface area contributed by atoms with Gasteiger partial charge in [-0.05, 0) is 47.9 Å². The number of benzene rings is 2. The largest absolute Gasteiger partial charge is 0.465 e. The van der Waals surface area contributed by atoms with Crippen LogP contribution in [0, 0.1) is 0 Å². The van der Waals surface area contributed by atoms with Gasteiger partial charge in [-0.2, -0.15) is 0 Å². The second-order valence-corrected chi connectivity index (χ2v) is 5.25. The summed E-state index contributed by atoms with van der Waals surface area (Å²) in [4.78, 5) is 23.2. The van der Waals surface area contributed by atoms with Crippen molar-refractivity contribution in [3.05, 3.63) is 71.3 Å². The average molecular weight is 340 g/mol. The first-order chi connectivity index (χ1) is 12.1.